The number of aliphatic imine (C=N–C) groups is 1. The first kappa shape index (κ1) is 17.5. The van der Waals surface area contributed by atoms with Crippen LogP contribution in [0.4, 0.5) is 0 Å². The van der Waals surface area contributed by atoms with Crippen molar-refractivity contribution in [3.05, 3.63) is 0 Å². The molecule has 2 aliphatic heterocycles. The van der Waals surface area contributed by atoms with Gasteiger partial charge in [0, 0.05) is 50.7 Å². The van der Waals surface area contributed by atoms with Gasteiger partial charge in [0.15, 0.2) is 5.96 Å². The van der Waals surface area contributed by atoms with E-state index in [0.717, 1.165) is 51.9 Å². The minimum absolute atomic E-state index is 0.155. The first-order valence-electron chi connectivity index (χ1n) is 8.56. The van der Waals surface area contributed by atoms with Gasteiger partial charge in [-0.15, -0.1) is 0 Å². The number of guanidine groups is 1. The second kappa shape index (κ2) is 6.75. The Morgan fingerprint density at radius 3 is 2.36 bits per heavy atom. The fourth-order valence-electron chi connectivity index (χ4n) is 3.25. The maximum absolute atomic E-state index is 5.41. The lowest BCUT2D eigenvalue weighted by atomic mass is 9.65. The average molecular weight is 310 g/mol. The standard InChI is InChI=1S/C17H34N4O/c1-14(12-20-7-9-22-10-8-20)11-19-15(18-6)21-13-16(2,3)17(21,4)5/h14H,7-13H2,1-6H3,(H,18,19). The van der Waals surface area contributed by atoms with Crippen LogP contribution in [0.15, 0.2) is 4.99 Å². The van der Waals surface area contributed by atoms with Crippen LogP contribution in [0.2, 0.25) is 0 Å². The van der Waals surface area contributed by atoms with Crippen molar-refractivity contribution in [1.82, 2.24) is 15.1 Å². The zero-order valence-corrected chi connectivity index (χ0v) is 15.3. The fourth-order valence-corrected chi connectivity index (χ4v) is 3.25. The van der Waals surface area contributed by atoms with Crippen LogP contribution in [0.1, 0.15) is 34.6 Å². The van der Waals surface area contributed by atoms with E-state index in [2.05, 4.69) is 54.7 Å². The van der Waals surface area contributed by atoms with E-state index in [-0.39, 0.29) is 5.54 Å². The Bertz CT molecular complexity index is 399. The minimum Gasteiger partial charge on any atom is -0.379 e. The van der Waals surface area contributed by atoms with Crippen LogP contribution in [0, 0.1) is 11.3 Å². The van der Waals surface area contributed by atoms with Gasteiger partial charge in [0.25, 0.3) is 0 Å². The van der Waals surface area contributed by atoms with Crippen LogP contribution < -0.4 is 5.32 Å². The molecule has 0 aromatic rings. The van der Waals surface area contributed by atoms with Crippen LogP contribution in [-0.2, 0) is 4.74 Å². The Hall–Kier alpha value is -0.810. The summed E-state index contributed by atoms with van der Waals surface area (Å²) in [5.74, 6) is 1.64. The molecule has 0 aliphatic carbocycles. The Kier molecular flexibility index (Phi) is 5.38. The number of hydrogen-bond donors (Lipinski definition) is 1. The summed E-state index contributed by atoms with van der Waals surface area (Å²) in [7, 11) is 1.89. The van der Waals surface area contributed by atoms with Crippen molar-refractivity contribution in [2.24, 2.45) is 16.3 Å². The molecule has 2 aliphatic rings. The van der Waals surface area contributed by atoms with Crippen LogP contribution in [0.3, 0.4) is 0 Å². The summed E-state index contributed by atoms with van der Waals surface area (Å²) < 4.78 is 5.41. The summed E-state index contributed by atoms with van der Waals surface area (Å²) in [5, 5.41) is 3.57. The summed E-state index contributed by atoms with van der Waals surface area (Å²) in [6.07, 6.45) is 0. The lowest BCUT2D eigenvalue weighted by Gasteiger charge is -2.62. The van der Waals surface area contributed by atoms with Crippen molar-refractivity contribution >= 4 is 5.96 Å². The largest absolute Gasteiger partial charge is 0.379 e. The predicted octanol–water partition coefficient (Wildman–Crippen LogP) is 1.65. The molecule has 128 valence electrons. The maximum Gasteiger partial charge on any atom is 0.194 e. The molecule has 2 heterocycles. The highest BCUT2D eigenvalue weighted by Gasteiger charge is 2.53. The molecule has 0 amide bonds. The number of rotatable bonds is 4. The fraction of sp³-hybridized carbons (Fsp3) is 0.941. The number of hydrogen-bond acceptors (Lipinski definition) is 3. The van der Waals surface area contributed by atoms with Gasteiger partial charge in [-0.3, -0.25) is 9.89 Å². The van der Waals surface area contributed by atoms with Gasteiger partial charge < -0.3 is 15.0 Å². The van der Waals surface area contributed by atoms with E-state index in [1.165, 1.54) is 0 Å². The monoisotopic (exact) mass is 310 g/mol. The Balaban J connectivity index is 1.79. The van der Waals surface area contributed by atoms with E-state index >= 15 is 0 Å². The van der Waals surface area contributed by atoms with Crippen molar-refractivity contribution in [3.8, 4) is 0 Å². The quantitative estimate of drug-likeness (QED) is 0.633. The van der Waals surface area contributed by atoms with Crippen LogP contribution in [0.25, 0.3) is 0 Å². The van der Waals surface area contributed by atoms with Gasteiger partial charge in [-0.25, -0.2) is 0 Å². The van der Waals surface area contributed by atoms with Crippen molar-refractivity contribution in [2.45, 2.75) is 40.2 Å². The van der Waals surface area contributed by atoms with Crippen molar-refractivity contribution in [1.29, 1.82) is 0 Å². The topological polar surface area (TPSA) is 40.1 Å². The highest BCUT2D eigenvalue weighted by Crippen LogP contribution is 2.46. The van der Waals surface area contributed by atoms with E-state index in [9.17, 15) is 0 Å². The molecule has 2 saturated heterocycles. The normalized spacial score (nSPS) is 26.5. The molecule has 0 aromatic carbocycles. The van der Waals surface area contributed by atoms with E-state index in [1.54, 1.807) is 0 Å². The number of nitrogens with zero attached hydrogens (tertiary/aromatic N) is 3. The zero-order chi connectivity index (χ0) is 16.4. The SMILES string of the molecule is CN=C(NCC(C)CN1CCOCC1)N1CC(C)(C)C1(C)C. The third kappa shape index (κ3) is 3.57. The number of morpholine rings is 1. The Morgan fingerprint density at radius 1 is 1.23 bits per heavy atom. The molecule has 1 unspecified atom stereocenters. The Labute approximate surface area is 136 Å². The van der Waals surface area contributed by atoms with E-state index in [0.29, 0.717) is 11.3 Å². The molecule has 0 radical (unpaired) electrons. The molecule has 2 fully saturated rings. The molecule has 0 bridgehead atoms. The molecule has 22 heavy (non-hydrogen) atoms. The molecule has 1 N–H and O–H groups in total. The lowest BCUT2D eigenvalue weighted by Crippen LogP contribution is -2.72. The number of likely N-dealkylation sites (tertiary alicyclic amines) is 1. The van der Waals surface area contributed by atoms with Gasteiger partial charge in [0.2, 0.25) is 0 Å². The van der Waals surface area contributed by atoms with Crippen molar-refractivity contribution < 1.29 is 4.74 Å². The van der Waals surface area contributed by atoms with Gasteiger partial charge in [0.05, 0.1) is 13.2 Å². The predicted molar refractivity (Wildman–Crippen MR) is 92.4 cm³/mol. The first-order valence-corrected chi connectivity index (χ1v) is 8.56. The lowest BCUT2D eigenvalue weighted by molar-refractivity contribution is -0.0668. The molecular weight excluding hydrogens is 276 g/mol. The highest BCUT2D eigenvalue weighted by molar-refractivity contribution is 5.82. The van der Waals surface area contributed by atoms with Crippen LogP contribution in [0.5, 0.6) is 0 Å². The summed E-state index contributed by atoms with van der Waals surface area (Å²) in [6, 6.07) is 0. The second-order valence-electron chi connectivity index (χ2n) is 7.98. The van der Waals surface area contributed by atoms with E-state index in [4.69, 9.17) is 4.74 Å². The summed E-state index contributed by atoms with van der Waals surface area (Å²) in [4.78, 5) is 9.38. The number of nitrogens with one attached hydrogen (secondary N) is 1. The van der Waals surface area contributed by atoms with E-state index in [1.807, 2.05) is 7.05 Å². The van der Waals surface area contributed by atoms with Gasteiger partial charge in [-0.05, 0) is 19.8 Å². The first-order chi connectivity index (χ1) is 10.3. The third-order valence-corrected chi connectivity index (χ3v) is 5.63. The molecule has 0 saturated carbocycles. The van der Waals surface area contributed by atoms with Crippen molar-refractivity contribution in [2.75, 3.05) is 53.0 Å². The summed E-state index contributed by atoms with van der Waals surface area (Å²) >= 11 is 0. The molecule has 0 spiro atoms. The van der Waals surface area contributed by atoms with Gasteiger partial charge >= 0.3 is 0 Å². The summed E-state index contributed by atoms with van der Waals surface area (Å²) in [6.45, 7) is 18.6. The molecule has 1 atom stereocenters. The number of ether oxygens (including phenoxy) is 1. The second-order valence-corrected chi connectivity index (χ2v) is 7.98. The summed E-state index contributed by atoms with van der Waals surface area (Å²) in [5.41, 5.74) is 0.492. The minimum atomic E-state index is 0.155. The van der Waals surface area contributed by atoms with Gasteiger partial charge in [-0.2, -0.15) is 0 Å². The molecule has 0 aromatic heterocycles. The maximum atomic E-state index is 5.41. The third-order valence-electron chi connectivity index (χ3n) is 5.63. The smallest absolute Gasteiger partial charge is 0.194 e. The van der Waals surface area contributed by atoms with Gasteiger partial charge in [-0.1, -0.05) is 20.8 Å². The van der Waals surface area contributed by atoms with E-state index < -0.39 is 0 Å². The Morgan fingerprint density at radius 2 is 1.86 bits per heavy atom. The average Bonchev–Trinajstić information content (AvgIpc) is 2.47. The molecule has 5 heteroatoms. The van der Waals surface area contributed by atoms with Crippen molar-refractivity contribution in [3.63, 3.8) is 0 Å². The van der Waals surface area contributed by atoms with Crippen LogP contribution >= 0.6 is 0 Å². The molecule has 2 rings (SSSR count). The van der Waals surface area contributed by atoms with Crippen LogP contribution in [-0.4, -0.2) is 74.3 Å². The van der Waals surface area contributed by atoms with Gasteiger partial charge in [0.1, 0.15) is 0 Å². The highest BCUT2D eigenvalue weighted by atomic mass is 16.5. The zero-order valence-electron chi connectivity index (χ0n) is 15.3. The molecule has 5 nitrogen and oxygen atoms in total. The molecular formula is C17H34N4O.